The second-order valence-electron chi connectivity index (χ2n) is 7.51. The van der Waals surface area contributed by atoms with Crippen LogP contribution in [0.1, 0.15) is 38.3 Å². The molecular formula is C20H23F3N2O. The van der Waals surface area contributed by atoms with Crippen LogP contribution < -0.4 is 4.90 Å². The highest BCUT2D eigenvalue weighted by molar-refractivity contribution is 5.65. The topological polar surface area (TPSA) is 36.4 Å². The first-order chi connectivity index (χ1) is 12.1. The first kappa shape index (κ1) is 18.7. The second-order valence-corrected chi connectivity index (χ2v) is 7.51. The molecule has 0 amide bonds. The first-order valence-electron chi connectivity index (χ1n) is 8.74. The molecule has 1 aliphatic heterocycles. The normalized spacial score (nSPS) is 20.4. The Labute approximate surface area is 151 Å². The lowest BCUT2D eigenvalue weighted by atomic mass is 9.88. The van der Waals surface area contributed by atoms with Crippen molar-refractivity contribution >= 4 is 5.82 Å². The van der Waals surface area contributed by atoms with E-state index in [1.54, 1.807) is 25.1 Å². The van der Waals surface area contributed by atoms with Crippen molar-refractivity contribution in [2.75, 3.05) is 18.0 Å². The van der Waals surface area contributed by atoms with E-state index in [0.717, 1.165) is 24.2 Å². The summed E-state index contributed by atoms with van der Waals surface area (Å²) in [6.07, 6.45) is -3.80. The number of hydrogen-bond acceptors (Lipinski definition) is 3. The fourth-order valence-corrected chi connectivity index (χ4v) is 3.34. The monoisotopic (exact) mass is 364 g/mol. The van der Waals surface area contributed by atoms with Crippen molar-refractivity contribution in [1.82, 2.24) is 4.98 Å². The molecule has 0 bridgehead atoms. The number of pyridine rings is 1. The van der Waals surface area contributed by atoms with Crippen LogP contribution in [0.4, 0.5) is 19.0 Å². The quantitative estimate of drug-likeness (QED) is 0.847. The van der Waals surface area contributed by atoms with Crippen molar-refractivity contribution in [2.45, 2.75) is 39.0 Å². The fraction of sp³-hybridized carbons (Fsp3) is 0.450. The molecule has 3 nitrogen and oxygen atoms in total. The predicted octanol–water partition coefficient (Wildman–Crippen LogP) is 4.84. The summed E-state index contributed by atoms with van der Waals surface area (Å²) in [5, 5.41) is 10.7. The minimum absolute atomic E-state index is 0.407. The molecule has 0 aliphatic carbocycles. The molecule has 6 heteroatoms. The van der Waals surface area contributed by atoms with Crippen LogP contribution in [0, 0.1) is 5.92 Å². The van der Waals surface area contributed by atoms with Crippen molar-refractivity contribution in [3.63, 3.8) is 0 Å². The van der Waals surface area contributed by atoms with Crippen LogP contribution in [0.5, 0.6) is 0 Å². The molecular weight excluding hydrogens is 341 g/mol. The molecule has 1 aliphatic rings. The minimum atomic E-state index is -4.39. The van der Waals surface area contributed by atoms with Gasteiger partial charge in [-0.15, -0.1) is 0 Å². The lowest BCUT2D eigenvalue weighted by Gasteiger charge is -2.39. The highest BCUT2D eigenvalue weighted by Crippen LogP contribution is 2.39. The van der Waals surface area contributed by atoms with E-state index in [1.165, 1.54) is 6.07 Å². The molecule has 1 atom stereocenters. The van der Waals surface area contributed by atoms with Gasteiger partial charge in [0.05, 0.1) is 16.9 Å². The number of halogens is 3. The third-order valence-corrected chi connectivity index (χ3v) is 4.69. The third-order valence-electron chi connectivity index (χ3n) is 4.69. The molecule has 2 heterocycles. The van der Waals surface area contributed by atoms with E-state index in [2.05, 4.69) is 23.7 Å². The van der Waals surface area contributed by atoms with Crippen LogP contribution in [-0.4, -0.2) is 23.2 Å². The molecule has 1 aromatic carbocycles. The molecule has 1 aromatic heterocycles. The highest BCUT2D eigenvalue weighted by Gasteiger charge is 2.35. The van der Waals surface area contributed by atoms with Crippen molar-refractivity contribution in [3.8, 4) is 11.3 Å². The Balaban J connectivity index is 2.06. The number of aromatic nitrogens is 1. The Hall–Kier alpha value is -2.08. The van der Waals surface area contributed by atoms with Crippen LogP contribution >= 0.6 is 0 Å². The lowest BCUT2D eigenvalue weighted by molar-refractivity contribution is -0.137. The standard InChI is InChI=1S/C20H23F3N2O/c1-13(2)12-25-10-9-19(3,26)16-7-8-17(24-18(16)25)14-5-4-6-15(11-14)20(21,22)23/h4-8,11,13,26H,9-10,12H2,1-3H3. The molecule has 3 rings (SSSR count). The van der Waals surface area contributed by atoms with Crippen LogP contribution in [0.25, 0.3) is 11.3 Å². The average molecular weight is 364 g/mol. The predicted molar refractivity (Wildman–Crippen MR) is 95.9 cm³/mol. The van der Waals surface area contributed by atoms with Gasteiger partial charge in [-0.05, 0) is 37.5 Å². The molecule has 2 aromatic rings. The number of aliphatic hydroxyl groups is 1. The van der Waals surface area contributed by atoms with Crippen LogP contribution in [0.15, 0.2) is 36.4 Å². The number of hydrogen-bond donors (Lipinski definition) is 1. The van der Waals surface area contributed by atoms with Gasteiger partial charge in [0.1, 0.15) is 5.82 Å². The van der Waals surface area contributed by atoms with Gasteiger partial charge in [-0.25, -0.2) is 4.98 Å². The number of alkyl halides is 3. The summed E-state index contributed by atoms with van der Waals surface area (Å²) in [6.45, 7) is 7.40. The summed E-state index contributed by atoms with van der Waals surface area (Å²) < 4.78 is 39.0. The lowest BCUT2D eigenvalue weighted by Crippen LogP contribution is -2.41. The summed E-state index contributed by atoms with van der Waals surface area (Å²) in [5.74, 6) is 1.06. The van der Waals surface area contributed by atoms with Gasteiger partial charge in [0.25, 0.3) is 0 Å². The maximum atomic E-state index is 13.0. The minimum Gasteiger partial charge on any atom is -0.385 e. The fourth-order valence-electron chi connectivity index (χ4n) is 3.34. The maximum absolute atomic E-state index is 13.0. The van der Waals surface area contributed by atoms with E-state index in [1.807, 2.05) is 0 Å². The first-order valence-corrected chi connectivity index (χ1v) is 8.74. The Kier molecular flexibility index (Phi) is 4.73. The molecule has 0 radical (unpaired) electrons. The van der Waals surface area contributed by atoms with E-state index < -0.39 is 17.3 Å². The average Bonchev–Trinajstić information content (AvgIpc) is 2.56. The number of rotatable bonds is 3. The number of nitrogens with zero attached hydrogens (tertiary/aromatic N) is 2. The van der Waals surface area contributed by atoms with E-state index >= 15 is 0 Å². The number of anilines is 1. The molecule has 140 valence electrons. The summed E-state index contributed by atoms with van der Waals surface area (Å²) in [7, 11) is 0. The summed E-state index contributed by atoms with van der Waals surface area (Å²) in [6, 6.07) is 8.64. The molecule has 26 heavy (non-hydrogen) atoms. The van der Waals surface area contributed by atoms with E-state index in [0.29, 0.717) is 36.0 Å². The summed E-state index contributed by atoms with van der Waals surface area (Å²) >= 11 is 0. The Morgan fingerprint density at radius 3 is 2.62 bits per heavy atom. The zero-order chi connectivity index (χ0) is 19.1. The molecule has 0 saturated heterocycles. The number of fused-ring (bicyclic) bond motifs is 1. The van der Waals surface area contributed by atoms with Crippen LogP contribution in [-0.2, 0) is 11.8 Å². The van der Waals surface area contributed by atoms with Gasteiger partial charge >= 0.3 is 6.18 Å². The Bertz CT molecular complexity index is 800. The smallest absolute Gasteiger partial charge is 0.385 e. The number of benzene rings is 1. The van der Waals surface area contributed by atoms with Gasteiger partial charge in [0.2, 0.25) is 0 Å². The summed E-state index contributed by atoms with van der Waals surface area (Å²) in [5.41, 5.74) is -0.0679. The Morgan fingerprint density at radius 2 is 1.96 bits per heavy atom. The largest absolute Gasteiger partial charge is 0.416 e. The Morgan fingerprint density at radius 1 is 1.23 bits per heavy atom. The van der Waals surface area contributed by atoms with E-state index in [9.17, 15) is 18.3 Å². The van der Waals surface area contributed by atoms with Gasteiger partial charge in [0.15, 0.2) is 0 Å². The van der Waals surface area contributed by atoms with Crippen LogP contribution in [0.3, 0.4) is 0 Å². The highest BCUT2D eigenvalue weighted by atomic mass is 19.4. The zero-order valence-electron chi connectivity index (χ0n) is 15.1. The van der Waals surface area contributed by atoms with Gasteiger partial charge in [-0.2, -0.15) is 13.2 Å². The molecule has 1 N–H and O–H groups in total. The van der Waals surface area contributed by atoms with Crippen molar-refractivity contribution in [1.29, 1.82) is 0 Å². The van der Waals surface area contributed by atoms with Crippen LogP contribution in [0.2, 0.25) is 0 Å². The molecule has 1 unspecified atom stereocenters. The second kappa shape index (κ2) is 6.58. The SMILES string of the molecule is CC(C)CN1CCC(C)(O)c2ccc(-c3cccc(C(F)(F)F)c3)nc21. The van der Waals surface area contributed by atoms with E-state index in [4.69, 9.17) is 0 Å². The van der Waals surface area contributed by atoms with Crippen molar-refractivity contribution < 1.29 is 18.3 Å². The molecule has 0 saturated carbocycles. The van der Waals surface area contributed by atoms with Gasteiger partial charge in [-0.1, -0.05) is 32.0 Å². The molecule has 0 spiro atoms. The van der Waals surface area contributed by atoms with Crippen molar-refractivity contribution in [2.24, 2.45) is 5.92 Å². The van der Waals surface area contributed by atoms with E-state index in [-0.39, 0.29) is 0 Å². The van der Waals surface area contributed by atoms with Gasteiger partial charge in [0, 0.05) is 24.2 Å². The maximum Gasteiger partial charge on any atom is 0.416 e. The third kappa shape index (κ3) is 3.70. The zero-order valence-corrected chi connectivity index (χ0v) is 15.1. The van der Waals surface area contributed by atoms with Gasteiger partial charge < -0.3 is 10.0 Å². The van der Waals surface area contributed by atoms with Gasteiger partial charge in [-0.3, -0.25) is 0 Å². The summed E-state index contributed by atoms with van der Waals surface area (Å²) in [4.78, 5) is 6.74. The molecule has 0 fully saturated rings. The van der Waals surface area contributed by atoms with Crippen molar-refractivity contribution in [3.05, 3.63) is 47.5 Å².